The number of amides is 1. The molecule has 1 amide bonds. The lowest BCUT2D eigenvalue weighted by molar-refractivity contribution is -0.384. The zero-order valence-electron chi connectivity index (χ0n) is 15.0. The monoisotopic (exact) mass is 402 g/mol. The van der Waals surface area contributed by atoms with Crippen LogP contribution in [-0.4, -0.2) is 41.6 Å². The van der Waals surface area contributed by atoms with E-state index in [0.29, 0.717) is 18.0 Å². The first-order chi connectivity index (χ1) is 13.5. The number of nitrogens with zero attached hydrogens (tertiary/aromatic N) is 3. The van der Waals surface area contributed by atoms with E-state index in [2.05, 4.69) is 15.4 Å². The number of carbonyl (C=O) groups is 1. The molecule has 2 aromatic carbocycles. The number of likely N-dealkylation sites (tertiary alicyclic amines) is 1. The molecule has 0 radical (unpaired) electrons. The van der Waals surface area contributed by atoms with Crippen LogP contribution < -0.4 is 10.2 Å². The van der Waals surface area contributed by atoms with E-state index in [9.17, 15) is 14.9 Å². The first kappa shape index (κ1) is 19.8. The van der Waals surface area contributed by atoms with Gasteiger partial charge in [0.2, 0.25) is 0 Å². The van der Waals surface area contributed by atoms with Crippen molar-refractivity contribution in [2.24, 2.45) is 5.10 Å². The topological polar surface area (TPSA) is 97.1 Å². The molecule has 1 heterocycles. The number of nitro groups is 1. The minimum atomic E-state index is -0.520. The van der Waals surface area contributed by atoms with Gasteiger partial charge >= 0.3 is 0 Å². The van der Waals surface area contributed by atoms with Crippen molar-refractivity contribution in [3.05, 3.63) is 63.2 Å². The van der Waals surface area contributed by atoms with Gasteiger partial charge in [-0.1, -0.05) is 11.6 Å². The van der Waals surface area contributed by atoms with Crippen molar-refractivity contribution in [3.63, 3.8) is 0 Å². The molecular weight excluding hydrogens is 384 g/mol. The second-order valence-corrected chi connectivity index (χ2v) is 6.73. The summed E-state index contributed by atoms with van der Waals surface area (Å²) in [6.45, 7) is 2.27. The van der Waals surface area contributed by atoms with Gasteiger partial charge in [-0.25, -0.2) is 5.43 Å². The molecule has 1 saturated heterocycles. The van der Waals surface area contributed by atoms with Crippen molar-refractivity contribution in [2.45, 2.75) is 12.8 Å². The van der Waals surface area contributed by atoms with Crippen LogP contribution >= 0.6 is 11.6 Å². The van der Waals surface area contributed by atoms with Crippen LogP contribution in [0.25, 0.3) is 0 Å². The molecule has 0 spiro atoms. The molecule has 0 saturated carbocycles. The van der Waals surface area contributed by atoms with E-state index in [4.69, 9.17) is 16.3 Å². The molecule has 2 aromatic rings. The van der Waals surface area contributed by atoms with E-state index in [1.807, 2.05) is 0 Å². The molecule has 1 aliphatic rings. The number of nitrogens with one attached hydrogen (secondary N) is 1. The minimum absolute atomic E-state index is 0.101. The Labute approximate surface area is 166 Å². The number of carbonyl (C=O) groups excluding carboxylic acids is 1. The highest BCUT2D eigenvalue weighted by Gasteiger charge is 2.14. The highest BCUT2D eigenvalue weighted by atomic mass is 35.5. The Morgan fingerprint density at radius 1 is 1.25 bits per heavy atom. The minimum Gasteiger partial charge on any atom is -0.456 e. The lowest BCUT2D eigenvalue weighted by Gasteiger charge is -2.12. The van der Waals surface area contributed by atoms with Gasteiger partial charge in [-0.05, 0) is 61.8 Å². The third-order valence-corrected chi connectivity index (χ3v) is 4.50. The molecule has 0 aliphatic carbocycles. The highest BCUT2D eigenvalue weighted by molar-refractivity contribution is 6.32. The quantitative estimate of drug-likeness (QED) is 0.433. The summed E-state index contributed by atoms with van der Waals surface area (Å²) < 4.78 is 5.64. The van der Waals surface area contributed by atoms with Gasteiger partial charge in [0.15, 0.2) is 0 Å². The van der Waals surface area contributed by atoms with Crippen LogP contribution in [0.3, 0.4) is 0 Å². The summed E-state index contributed by atoms with van der Waals surface area (Å²) in [4.78, 5) is 24.1. The van der Waals surface area contributed by atoms with E-state index in [1.165, 1.54) is 18.2 Å². The van der Waals surface area contributed by atoms with Gasteiger partial charge in [0.25, 0.3) is 11.6 Å². The number of hydrogen-bond donors (Lipinski definition) is 1. The molecule has 0 aromatic heterocycles. The lowest BCUT2D eigenvalue weighted by Crippen LogP contribution is -2.33. The summed E-state index contributed by atoms with van der Waals surface area (Å²) >= 11 is 6.02. The normalized spacial score (nSPS) is 14.3. The summed E-state index contributed by atoms with van der Waals surface area (Å²) in [5.41, 5.74) is 3.20. The molecule has 1 fully saturated rings. The average molecular weight is 403 g/mol. The van der Waals surface area contributed by atoms with E-state index in [1.54, 1.807) is 30.5 Å². The fraction of sp³-hybridized carbons (Fsp3) is 0.263. The fourth-order valence-electron chi connectivity index (χ4n) is 2.79. The van der Waals surface area contributed by atoms with Crippen LogP contribution in [0, 0.1) is 10.1 Å². The summed E-state index contributed by atoms with van der Waals surface area (Å²) in [5.74, 6) is 0.708. The Morgan fingerprint density at radius 2 is 1.96 bits per heavy atom. The number of hydrazone groups is 1. The van der Waals surface area contributed by atoms with E-state index < -0.39 is 4.92 Å². The largest absolute Gasteiger partial charge is 0.456 e. The number of benzene rings is 2. The number of non-ortho nitro benzene ring substituents is 1. The summed E-state index contributed by atoms with van der Waals surface area (Å²) in [7, 11) is 0. The zero-order valence-corrected chi connectivity index (χ0v) is 15.8. The van der Waals surface area contributed by atoms with Crippen molar-refractivity contribution in [2.75, 3.05) is 19.6 Å². The molecular formula is C19H19ClN4O4. The van der Waals surface area contributed by atoms with Gasteiger partial charge in [0.1, 0.15) is 11.5 Å². The van der Waals surface area contributed by atoms with E-state index >= 15 is 0 Å². The maximum absolute atomic E-state index is 11.8. The number of rotatable bonds is 7. The van der Waals surface area contributed by atoms with Gasteiger partial charge in [-0.15, -0.1) is 0 Å². The average Bonchev–Trinajstić information content (AvgIpc) is 3.17. The van der Waals surface area contributed by atoms with Gasteiger partial charge in [0.05, 0.1) is 22.7 Å². The first-order valence-corrected chi connectivity index (χ1v) is 9.15. The van der Waals surface area contributed by atoms with Gasteiger partial charge < -0.3 is 4.74 Å². The molecule has 0 atom stereocenters. The van der Waals surface area contributed by atoms with Crippen LogP contribution in [0.1, 0.15) is 18.4 Å². The Bertz CT molecular complexity index is 880. The second-order valence-electron chi connectivity index (χ2n) is 6.32. The number of halogens is 1. The third-order valence-electron chi connectivity index (χ3n) is 4.20. The Balaban J connectivity index is 1.53. The van der Waals surface area contributed by atoms with Crippen molar-refractivity contribution in [1.82, 2.24) is 10.3 Å². The molecule has 9 heteroatoms. The standard InChI is InChI=1S/C19H19ClN4O4/c20-17-11-15(24(26)27)5-8-18(17)28-16-6-3-14(4-7-16)12-21-22-19(25)13-23-9-1-2-10-23/h3-8,11-12H,1-2,9-10,13H2,(H,22,25). The van der Waals surface area contributed by atoms with E-state index in [-0.39, 0.29) is 16.6 Å². The van der Waals surface area contributed by atoms with Crippen LogP contribution in [0.5, 0.6) is 11.5 Å². The van der Waals surface area contributed by atoms with Crippen molar-refractivity contribution in [1.29, 1.82) is 0 Å². The summed E-state index contributed by atoms with van der Waals surface area (Å²) in [5, 5.41) is 14.9. The van der Waals surface area contributed by atoms with Crippen LogP contribution in [0.15, 0.2) is 47.6 Å². The van der Waals surface area contributed by atoms with Gasteiger partial charge in [-0.2, -0.15) is 5.10 Å². The maximum Gasteiger partial charge on any atom is 0.271 e. The smallest absolute Gasteiger partial charge is 0.271 e. The third kappa shape index (κ3) is 5.51. The second kappa shape index (κ2) is 9.29. The SMILES string of the molecule is O=C(CN1CCCC1)NN=Cc1ccc(Oc2ccc([N+](=O)[O-])cc2Cl)cc1. The van der Waals surface area contributed by atoms with Crippen LogP contribution in [0.4, 0.5) is 5.69 Å². The predicted molar refractivity (Wildman–Crippen MR) is 106 cm³/mol. The van der Waals surface area contributed by atoms with Crippen molar-refractivity contribution < 1.29 is 14.5 Å². The Morgan fingerprint density at radius 3 is 2.61 bits per heavy atom. The molecule has 0 unspecified atom stereocenters. The molecule has 1 aliphatic heterocycles. The van der Waals surface area contributed by atoms with Crippen LogP contribution in [-0.2, 0) is 4.79 Å². The molecule has 0 bridgehead atoms. The highest BCUT2D eigenvalue weighted by Crippen LogP contribution is 2.32. The molecule has 28 heavy (non-hydrogen) atoms. The molecule has 8 nitrogen and oxygen atoms in total. The van der Waals surface area contributed by atoms with Crippen molar-refractivity contribution in [3.8, 4) is 11.5 Å². The van der Waals surface area contributed by atoms with Gasteiger partial charge in [0, 0.05) is 12.1 Å². The Kier molecular flexibility index (Phi) is 6.57. The number of ether oxygens (including phenoxy) is 1. The van der Waals surface area contributed by atoms with Gasteiger partial charge in [-0.3, -0.25) is 19.8 Å². The fourth-order valence-corrected chi connectivity index (χ4v) is 3.01. The molecule has 146 valence electrons. The van der Waals surface area contributed by atoms with Crippen LogP contribution in [0.2, 0.25) is 5.02 Å². The predicted octanol–water partition coefficient (Wildman–Crippen LogP) is 3.59. The number of hydrogen-bond acceptors (Lipinski definition) is 6. The van der Waals surface area contributed by atoms with Crippen molar-refractivity contribution >= 4 is 29.4 Å². The molecule has 3 rings (SSSR count). The summed E-state index contributed by atoms with van der Waals surface area (Å²) in [6, 6.07) is 11.0. The molecule has 1 N–H and O–H groups in total. The zero-order chi connectivity index (χ0) is 19.9. The summed E-state index contributed by atoms with van der Waals surface area (Å²) in [6.07, 6.45) is 3.82. The number of nitro benzene ring substituents is 1. The lowest BCUT2D eigenvalue weighted by atomic mass is 10.2. The first-order valence-electron chi connectivity index (χ1n) is 8.77. The maximum atomic E-state index is 11.8. The van der Waals surface area contributed by atoms with E-state index in [0.717, 1.165) is 31.5 Å². The Hall–Kier alpha value is -2.97.